The zero-order valence-electron chi connectivity index (χ0n) is 66.2. The largest absolute Gasteiger partial charge is 0.416 e. The summed E-state index contributed by atoms with van der Waals surface area (Å²) in [7, 11) is -1.66. The van der Waals surface area contributed by atoms with Crippen LogP contribution in [0.5, 0.6) is 0 Å². The number of aliphatic hydroxyl groups is 1. The van der Waals surface area contributed by atoms with Crippen molar-refractivity contribution in [2.45, 2.75) is 248 Å². The highest BCUT2D eigenvalue weighted by molar-refractivity contribution is 14.1. The second-order valence-electron chi connectivity index (χ2n) is 28.5. The summed E-state index contributed by atoms with van der Waals surface area (Å²) < 4.78 is 9.12. The molecule has 0 fully saturated rings. The van der Waals surface area contributed by atoms with Crippen LogP contribution in [-0.2, 0) is 62.2 Å². The number of rotatable bonds is 21. The highest BCUT2D eigenvalue weighted by atomic mass is 127. The Balaban J connectivity index is 0.000000457. The first-order valence-corrected chi connectivity index (χ1v) is 47.5. The number of hydrogen-bond acceptors (Lipinski definition) is 8. The Labute approximate surface area is 722 Å². The van der Waals surface area contributed by atoms with Gasteiger partial charge in [-0.15, -0.1) is 68.0 Å². The average Bonchev–Trinajstić information content (AvgIpc) is 1.79. The Bertz CT molecular complexity index is 4540. The molecule has 0 unspecified atom stereocenters. The van der Waals surface area contributed by atoms with E-state index in [0.29, 0.717) is 6.42 Å². The van der Waals surface area contributed by atoms with E-state index in [2.05, 4.69) is 359 Å². The zero-order chi connectivity index (χ0) is 77.0. The van der Waals surface area contributed by atoms with E-state index in [4.69, 9.17) is 9.53 Å². The fourth-order valence-electron chi connectivity index (χ4n) is 11.2. The molecule has 0 aliphatic rings. The number of aryl methyl sites for hydroxylation is 11. The summed E-state index contributed by atoms with van der Waals surface area (Å²) in [4.78, 5) is 11.0. The molecule has 0 spiro atoms. The van der Waals surface area contributed by atoms with Crippen LogP contribution in [0.25, 0.3) is 0 Å². The zero-order valence-corrected chi connectivity index (χ0v) is 76.5. The van der Waals surface area contributed by atoms with Gasteiger partial charge in [-0.25, -0.2) is 0 Å². The van der Waals surface area contributed by atoms with Crippen LogP contribution in [0.4, 0.5) is 0 Å². The van der Waals surface area contributed by atoms with Gasteiger partial charge in [-0.3, -0.25) is 0 Å². The molecule has 11 heteroatoms. The van der Waals surface area contributed by atoms with Crippen molar-refractivity contribution >= 4 is 122 Å². The van der Waals surface area contributed by atoms with Gasteiger partial charge >= 0.3 is 0 Å². The molecule has 0 saturated heterocycles. The Morgan fingerprint density at radius 1 is 0.382 bits per heavy atom. The number of aliphatic hydroxyl groups excluding tert-OH is 1. The molecule has 0 aliphatic heterocycles. The van der Waals surface area contributed by atoms with Crippen molar-refractivity contribution in [2.75, 3.05) is 13.2 Å². The summed E-state index contributed by atoms with van der Waals surface area (Å²) in [6.45, 7) is 38.7. The van der Waals surface area contributed by atoms with E-state index in [1.807, 2.05) is 51.4 Å². The molecular formula is C99H130I2O2S6Si. The molecule has 5 aromatic carbocycles. The minimum absolute atomic E-state index is 0. The lowest BCUT2D eigenvalue weighted by Crippen LogP contribution is -2.40. The molecule has 6 aromatic heterocycles. The maximum atomic E-state index is 8.84. The summed E-state index contributed by atoms with van der Waals surface area (Å²) in [5.74, 6) is 19.6. The lowest BCUT2D eigenvalue weighted by molar-refractivity contribution is 0.296. The SMILES string of the molecule is C.C.C.C.Cc1sc(C#CCCO)c(CCCc2ccccc2)c1C.Cc1sc(C#CCCO[Si](C)(C)C(C)(C)C)c(CCCc2ccccc2)c1C.Cc1sc(I)c(CCCc2ccccc2)c1C.Cc1scc(C#CCc2ccccc2)c1C.Cc1scc(CCCc2ccccc2)c1C.Cc1scc(I)c1C. The van der Waals surface area contributed by atoms with Gasteiger partial charge in [0.15, 0.2) is 8.32 Å². The highest BCUT2D eigenvalue weighted by Gasteiger charge is 2.36. The molecule has 6 heterocycles. The topological polar surface area (TPSA) is 29.5 Å². The molecule has 0 atom stereocenters. The van der Waals surface area contributed by atoms with Gasteiger partial charge < -0.3 is 9.53 Å². The van der Waals surface area contributed by atoms with Crippen molar-refractivity contribution in [3.8, 4) is 35.5 Å². The van der Waals surface area contributed by atoms with Crippen LogP contribution in [-0.4, -0.2) is 26.6 Å². The third kappa shape index (κ3) is 34.7. The van der Waals surface area contributed by atoms with Crippen molar-refractivity contribution in [3.05, 3.63) is 302 Å². The van der Waals surface area contributed by atoms with Crippen LogP contribution in [0.15, 0.2) is 168 Å². The molecule has 0 saturated carbocycles. The van der Waals surface area contributed by atoms with Gasteiger partial charge in [-0.1, -0.05) is 238 Å². The van der Waals surface area contributed by atoms with Crippen molar-refractivity contribution in [3.63, 3.8) is 0 Å². The van der Waals surface area contributed by atoms with E-state index < -0.39 is 8.32 Å². The summed E-state index contributed by atoms with van der Waals surface area (Å²) in [6, 6.07) is 53.3. The normalized spacial score (nSPS) is 10.3. The van der Waals surface area contributed by atoms with Crippen LogP contribution < -0.4 is 0 Å². The minimum atomic E-state index is -1.66. The third-order valence-corrected chi connectivity index (χ3v) is 33.7. The number of hydrogen-bond donors (Lipinski definition) is 1. The molecule has 0 radical (unpaired) electrons. The molecule has 2 nitrogen and oxygen atoms in total. The second kappa shape index (κ2) is 53.6. The van der Waals surface area contributed by atoms with Gasteiger partial charge in [-0.05, 0) is 312 Å². The molecule has 592 valence electrons. The molecule has 0 amide bonds. The number of thiophene rings is 6. The standard InChI is InChI=1S/C25H36OSSi.C19H22OS.C15H17IS.C15H18S.C15H14S.C6H7IS.4CH4/c1-20-21(2)27-24(18-11-12-19-26-28(6,7)25(3,4)5)23(20)17-13-16-22-14-9-8-10-15-22;1-15-16(2)21-19(13-6-7-14-20)18(15)12-8-11-17-9-4-3-5-10-17;1-11-12(2)17-15(16)14(11)10-6-9-13-7-4-3-5-8-13;2*1-12-13(2)16-11-15(12)10-6-9-14-7-4-3-5-8-14;1-4-5(2)8-3-6(4)7;;;;/h8-10,14-15H,12-13,16-17,19H2,1-7H3;3-5,9-10,20H,7-8,11-12,14H2,1-2H3;3-5,7-8H,6,9-10H2,1-2H3;3-5,7-8,11H,6,9-10H2,1-2H3;3-5,7-8,11H,9H2,1-2H3;3H,1-2H3;4*1H4. The smallest absolute Gasteiger partial charge is 0.192 e. The molecule has 110 heavy (non-hydrogen) atoms. The van der Waals surface area contributed by atoms with E-state index in [0.717, 1.165) is 51.6 Å². The minimum Gasteiger partial charge on any atom is -0.416 e. The van der Waals surface area contributed by atoms with Crippen molar-refractivity contribution in [1.82, 2.24) is 0 Å². The molecule has 0 bridgehead atoms. The van der Waals surface area contributed by atoms with E-state index in [1.54, 1.807) is 33.8 Å². The van der Waals surface area contributed by atoms with Gasteiger partial charge in [-0.2, -0.15) is 0 Å². The molecule has 0 aliphatic carbocycles. The van der Waals surface area contributed by atoms with E-state index in [9.17, 15) is 0 Å². The first-order valence-electron chi connectivity index (χ1n) is 37.4. The maximum Gasteiger partial charge on any atom is 0.192 e. The van der Waals surface area contributed by atoms with Crippen molar-refractivity contribution in [1.29, 1.82) is 0 Å². The highest BCUT2D eigenvalue weighted by Crippen LogP contribution is 2.37. The Morgan fingerprint density at radius 3 is 1.09 bits per heavy atom. The number of benzene rings is 5. The van der Waals surface area contributed by atoms with Crippen LogP contribution in [0, 0.1) is 125 Å². The lowest BCUT2D eigenvalue weighted by Gasteiger charge is -2.35. The van der Waals surface area contributed by atoms with Crippen molar-refractivity contribution in [2.24, 2.45) is 0 Å². The van der Waals surface area contributed by atoms with E-state index >= 15 is 0 Å². The van der Waals surface area contributed by atoms with Gasteiger partial charge in [0.1, 0.15) is 0 Å². The fourth-order valence-corrected chi connectivity index (χ4v) is 20.5. The molecule has 11 aromatic rings. The van der Waals surface area contributed by atoms with Crippen LogP contribution >= 0.6 is 113 Å². The first kappa shape index (κ1) is 101. The average molecular weight is 1830 g/mol. The number of halogens is 2. The Morgan fingerprint density at radius 2 is 0.745 bits per heavy atom. The molecular weight excluding hydrogens is 1700 g/mol. The van der Waals surface area contributed by atoms with Gasteiger partial charge in [0.25, 0.3) is 0 Å². The molecule has 1 N–H and O–H groups in total. The Hall–Kier alpha value is -5.42. The fraction of sp³-hybridized carbons (Fsp3) is 0.394. The lowest BCUT2D eigenvalue weighted by atomic mass is 10.0. The maximum absolute atomic E-state index is 8.84. The third-order valence-electron chi connectivity index (χ3n) is 19.8. The summed E-state index contributed by atoms with van der Waals surface area (Å²) in [5.41, 5.74) is 22.7. The second-order valence-corrected chi connectivity index (χ2v) is 43.2. The quantitative estimate of drug-likeness (QED) is 0.0336. The summed E-state index contributed by atoms with van der Waals surface area (Å²) in [5, 5.41) is 15.7. The predicted octanol–water partition coefficient (Wildman–Crippen LogP) is 30.7. The predicted molar refractivity (Wildman–Crippen MR) is 519 cm³/mol. The Kier molecular flexibility index (Phi) is 49.1. The van der Waals surface area contributed by atoms with Gasteiger partial charge in [0, 0.05) is 75.0 Å². The van der Waals surface area contributed by atoms with Crippen molar-refractivity contribution < 1.29 is 9.53 Å². The monoisotopic (exact) mass is 1820 g/mol. The summed E-state index contributed by atoms with van der Waals surface area (Å²) in [6.07, 6.45) is 16.2. The molecule has 11 rings (SSSR count). The summed E-state index contributed by atoms with van der Waals surface area (Å²) >= 11 is 15.9. The van der Waals surface area contributed by atoms with Gasteiger partial charge in [0.2, 0.25) is 0 Å². The van der Waals surface area contributed by atoms with E-state index in [-0.39, 0.29) is 41.4 Å². The first-order chi connectivity index (χ1) is 50.8. The van der Waals surface area contributed by atoms with Gasteiger partial charge in [0.05, 0.1) is 19.2 Å². The van der Waals surface area contributed by atoms with E-state index in [1.165, 1.54) is 168 Å². The van der Waals surface area contributed by atoms with Crippen LogP contribution in [0.1, 0.15) is 217 Å². The van der Waals surface area contributed by atoms with Crippen LogP contribution in [0.3, 0.4) is 0 Å². The van der Waals surface area contributed by atoms with Crippen LogP contribution in [0.2, 0.25) is 18.1 Å².